The van der Waals surface area contributed by atoms with E-state index in [0.29, 0.717) is 41.9 Å². The highest BCUT2D eigenvalue weighted by Crippen LogP contribution is 2.33. The Morgan fingerprint density at radius 3 is 2.50 bits per heavy atom. The van der Waals surface area contributed by atoms with Gasteiger partial charge >= 0.3 is 6.18 Å². The molecule has 3 amide bonds. The molecule has 0 bridgehead atoms. The summed E-state index contributed by atoms with van der Waals surface area (Å²) in [6.07, 6.45) is -2.77. The van der Waals surface area contributed by atoms with E-state index in [9.17, 15) is 27.6 Å². The highest BCUT2D eigenvalue weighted by Gasteiger charge is 2.40. The van der Waals surface area contributed by atoms with Crippen molar-refractivity contribution in [1.29, 1.82) is 0 Å². The number of carbonyl (C=O) groups excluding carboxylic acids is 3. The molecule has 0 spiro atoms. The van der Waals surface area contributed by atoms with Gasteiger partial charge in [-0.2, -0.15) is 13.2 Å². The minimum Gasteiger partial charge on any atom is -0.378 e. The van der Waals surface area contributed by atoms with E-state index in [2.05, 4.69) is 20.2 Å². The predicted molar refractivity (Wildman–Crippen MR) is 133 cm³/mol. The lowest BCUT2D eigenvalue weighted by Crippen LogP contribution is -2.48. The molecular formula is C24H28ClF3N6O4. The number of H-pyrrole nitrogens is 1. The largest absolute Gasteiger partial charge is 0.406 e. The number of morpholine rings is 1. The number of hydrogen-bond donors (Lipinski definition) is 3. The maximum Gasteiger partial charge on any atom is 0.406 e. The van der Waals surface area contributed by atoms with Gasteiger partial charge in [-0.25, -0.2) is 4.98 Å². The van der Waals surface area contributed by atoms with Gasteiger partial charge in [0.05, 0.1) is 30.3 Å². The van der Waals surface area contributed by atoms with Crippen LogP contribution in [0.15, 0.2) is 24.5 Å². The van der Waals surface area contributed by atoms with E-state index in [4.69, 9.17) is 22.1 Å². The van der Waals surface area contributed by atoms with Crippen LogP contribution in [0.1, 0.15) is 46.7 Å². The van der Waals surface area contributed by atoms with Gasteiger partial charge in [0.1, 0.15) is 12.2 Å². The summed E-state index contributed by atoms with van der Waals surface area (Å²) >= 11 is 6.31. The number of ether oxygens (including phenoxy) is 1. The first-order valence-corrected chi connectivity index (χ1v) is 12.6. The average Bonchev–Trinajstić information content (AvgIpc) is 3.39. The molecule has 14 heteroatoms. The molecule has 4 N–H and O–H groups in total. The molecule has 1 aromatic carbocycles. The van der Waals surface area contributed by atoms with Crippen molar-refractivity contribution in [3.8, 4) is 0 Å². The Bertz CT molecular complexity index is 1180. The number of nitrogens with one attached hydrogen (secondary N) is 2. The summed E-state index contributed by atoms with van der Waals surface area (Å²) in [5.41, 5.74) is 5.74. The number of aromatic amines is 1. The molecule has 1 aliphatic heterocycles. The van der Waals surface area contributed by atoms with E-state index >= 15 is 0 Å². The molecule has 1 aliphatic carbocycles. The van der Waals surface area contributed by atoms with E-state index < -0.39 is 47.9 Å². The van der Waals surface area contributed by atoms with Crippen LogP contribution in [0.4, 0.5) is 24.5 Å². The van der Waals surface area contributed by atoms with Crippen molar-refractivity contribution >= 4 is 40.7 Å². The number of halogens is 4. The summed E-state index contributed by atoms with van der Waals surface area (Å²) < 4.78 is 45.5. The average molecular weight is 557 g/mol. The molecule has 2 aliphatic rings. The minimum atomic E-state index is -4.67. The van der Waals surface area contributed by atoms with Gasteiger partial charge in [0.15, 0.2) is 5.69 Å². The van der Waals surface area contributed by atoms with Crippen LogP contribution in [0.3, 0.4) is 0 Å². The molecule has 10 nitrogen and oxygen atoms in total. The monoisotopic (exact) mass is 556 g/mol. The highest BCUT2D eigenvalue weighted by atomic mass is 35.5. The number of benzene rings is 1. The molecule has 1 saturated heterocycles. The molecule has 0 unspecified atom stereocenters. The lowest BCUT2D eigenvalue weighted by Gasteiger charge is -2.36. The van der Waals surface area contributed by atoms with Gasteiger partial charge in [-0.15, -0.1) is 0 Å². The van der Waals surface area contributed by atoms with Gasteiger partial charge in [-0.1, -0.05) is 11.6 Å². The first-order valence-electron chi connectivity index (χ1n) is 12.2. The molecule has 2 aromatic rings. The van der Waals surface area contributed by atoms with Gasteiger partial charge < -0.3 is 30.6 Å². The molecular weight excluding hydrogens is 529 g/mol. The van der Waals surface area contributed by atoms with Crippen LogP contribution in [0, 0.1) is 5.92 Å². The van der Waals surface area contributed by atoms with Crippen molar-refractivity contribution in [3.63, 3.8) is 0 Å². The lowest BCUT2D eigenvalue weighted by molar-refractivity contribution is -0.146. The molecule has 4 rings (SSSR count). The second kappa shape index (κ2) is 11.6. The summed E-state index contributed by atoms with van der Waals surface area (Å²) in [6, 6.07) is 4.58. The Balaban J connectivity index is 1.42. The Hall–Kier alpha value is -3.32. The van der Waals surface area contributed by atoms with E-state index in [1.165, 1.54) is 0 Å². The van der Waals surface area contributed by atoms with E-state index in [-0.39, 0.29) is 31.6 Å². The fourth-order valence-corrected chi connectivity index (χ4v) is 5.02. The summed E-state index contributed by atoms with van der Waals surface area (Å²) in [7, 11) is 0. The van der Waals surface area contributed by atoms with Crippen LogP contribution in [0.25, 0.3) is 0 Å². The number of alkyl halides is 3. The summed E-state index contributed by atoms with van der Waals surface area (Å²) in [6.45, 7) is 1.13. The normalized spacial score (nSPS) is 20.2. The molecule has 38 heavy (non-hydrogen) atoms. The van der Waals surface area contributed by atoms with Crippen molar-refractivity contribution in [2.24, 2.45) is 11.7 Å². The first kappa shape index (κ1) is 27.7. The van der Waals surface area contributed by atoms with Gasteiger partial charge in [0, 0.05) is 30.7 Å². The number of imidazole rings is 1. The van der Waals surface area contributed by atoms with Crippen molar-refractivity contribution in [2.75, 3.05) is 43.1 Å². The fourth-order valence-electron chi connectivity index (χ4n) is 4.86. The van der Waals surface area contributed by atoms with Crippen LogP contribution in [-0.2, 0) is 9.53 Å². The molecule has 1 saturated carbocycles. The molecule has 2 fully saturated rings. The van der Waals surface area contributed by atoms with Crippen molar-refractivity contribution in [3.05, 3.63) is 40.9 Å². The summed E-state index contributed by atoms with van der Waals surface area (Å²) in [4.78, 5) is 46.5. The Kier molecular flexibility index (Phi) is 8.46. The Morgan fingerprint density at radius 2 is 1.87 bits per heavy atom. The van der Waals surface area contributed by atoms with Crippen molar-refractivity contribution in [1.82, 2.24) is 14.9 Å². The number of hydrogen-bond acceptors (Lipinski definition) is 6. The van der Waals surface area contributed by atoms with E-state index in [0.717, 1.165) is 12.0 Å². The zero-order valence-electron chi connectivity index (χ0n) is 20.4. The molecule has 206 valence electrons. The number of amides is 3. The summed E-state index contributed by atoms with van der Waals surface area (Å²) in [5.74, 6) is -2.81. The zero-order chi connectivity index (χ0) is 27.4. The third kappa shape index (κ3) is 6.57. The van der Waals surface area contributed by atoms with Crippen LogP contribution in [0.2, 0.25) is 5.02 Å². The number of nitrogens with zero attached hydrogens (tertiary/aromatic N) is 3. The number of anilines is 2. The number of carbonyl (C=O) groups is 3. The predicted octanol–water partition coefficient (Wildman–Crippen LogP) is 3.20. The highest BCUT2D eigenvalue weighted by molar-refractivity contribution is 6.33. The molecule has 0 radical (unpaired) electrons. The quantitative estimate of drug-likeness (QED) is 0.479. The number of primary amides is 1. The van der Waals surface area contributed by atoms with Crippen LogP contribution >= 0.6 is 11.6 Å². The number of aromatic nitrogens is 2. The van der Waals surface area contributed by atoms with Gasteiger partial charge in [0.25, 0.3) is 11.8 Å². The van der Waals surface area contributed by atoms with E-state index in [1.54, 1.807) is 12.1 Å². The Labute approximate surface area is 221 Å². The second-order valence-electron chi connectivity index (χ2n) is 9.30. The van der Waals surface area contributed by atoms with Gasteiger partial charge in [0.2, 0.25) is 5.91 Å². The third-order valence-corrected chi connectivity index (χ3v) is 7.12. The zero-order valence-corrected chi connectivity index (χ0v) is 21.1. The summed E-state index contributed by atoms with van der Waals surface area (Å²) in [5, 5.41) is 3.22. The topological polar surface area (TPSA) is 134 Å². The Morgan fingerprint density at radius 1 is 1.18 bits per heavy atom. The SMILES string of the molecule is NC(=O)c1nc[nH]c1C(=O)N(CC(F)(F)F)C1CCC(C(=O)Nc2cc(N3CCOCC3)ccc2Cl)CC1. The number of rotatable bonds is 7. The lowest BCUT2D eigenvalue weighted by atomic mass is 9.84. The molecule has 0 atom stereocenters. The maximum atomic E-state index is 13.4. The number of nitrogens with two attached hydrogens (primary N) is 1. The maximum absolute atomic E-state index is 13.4. The van der Waals surface area contributed by atoms with Crippen molar-refractivity contribution in [2.45, 2.75) is 37.9 Å². The smallest absolute Gasteiger partial charge is 0.378 e. The standard InChI is InChI=1S/C24H28ClF3N6O4/c25-17-6-5-16(33-7-9-38-10-8-33)11-18(17)32-22(36)14-1-3-15(4-2-14)34(12-24(26,27)28)23(37)20-19(21(29)35)30-13-31-20/h5-6,11,13-15H,1-4,7-10,12H2,(H2,29,35)(H,30,31)(H,32,36). The third-order valence-electron chi connectivity index (χ3n) is 6.79. The second-order valence-corrected chi connectivity index (χ2v) is 9.70. The van der Waals surface area contributed by atoms with Crippen LogP contribution < -0.4 is 16.0 Å². The van der Waals surface area contributed by atoms with Gasteiger partial charge in [-0.3, -0.25) is 14.4 Å². The minimum absolute atomic E-state index is 0.168. The first-order chi connectivity index (χ1) is 18.0. The van der Waals surface area contributed by atoms with Crippen LogP contribution in [0.5, 0.6) is 0 Å². The van der Waals surface area contributed by atoms with Crippen molar-refractivity contribution < 1.29 is 32.3 Å². The van der Waals surface area contributed by atoms with Gasteiger partial charge in [-0.05, 0) is 43.9 Å². The molecule has 2 heterocycles. The van der Waals surface area contributed by atoms with Crippen LogP contribution in [-0.4, -0.2) is 77.7 Å². The molecule has 1 aromatic heterocycles. The van der Waals surface area contributed by atoms with E-state index in [1.807, 2.05) is 6.07 Å². The fraction of sp³-hybridized carbons (Fsp3) is 0.500.